The lowest BCUT2D eigenvalue weighted by Gasteiger charge is -2.09. The molecule has 1 atom stereocenters. The number of hydrogen-bond acceptors (Lipinski definition) is 4. The molecule has 14 heavy (non-hydrogen) atoms. The minimum Gasteiger partial charge on any atom is -0.314 e. The third-order valence-electron chi connectivity index (χ3n) is 2.06. The van der Waals surface area contributed by atoms with Gasteiger partial charge in [-0.15, -0.1) is 11.3 Å². The minimum atomic E-state index is 0.653. The summed E-state index contributed by atoms with van der Waals surface area (Å²) in [6.07, 6.45) is 4.29. The Labute approximate surface area is 94.5 Å². The summed E-state index contributed by atoms with van der Waals surface area (Å²) in [4.78, 5) is 4.23. The lowest BCUT2D eigenvalue weighted by atomic mass is 10.2. The molecule has 1 aromatic rings. The number of hydrogen-bond donors (Lipinski definition) is 1. The monoisotopic (exact) mass is 230 g/mol. The maximum absolute atomic E-state index is 4.23. The molecule has 1 rings (SSSR count). The molecule has 0 saturated carbocycles. The number of thiazole rings is 1. The van der Waals surface area contributed by atoms with E-state index in [1.165, 1.54) is 17.2 Å². The summed E-state index contributed by atoms with van der Waals surface area (Å²) >= 11 is 3.58. The van der Waals surface area contributed by atoms with E-state index >= 15 is 0 Å². The standard InChI is InChI=1S/C10H18N2S2/c1-3-9(2)11-5-4-7-13-10-12-6-8-14-10/h6,8-9,11H,3-5,7H2,1-2H3. The maximum atomic E-state index is 4.23. The lowest BCUT2D eigenvalue weighted by Crippen LogP contribution is -2.26. The van der Waals surface area contributed by atoms with Gasteiger partial charge in [-0.3, -0.25) is 0 Å². The molecule has 1 aromatic heterocycles. The normalized spacial score (nSPS) is 13.0. The Balaban J connectivity index is 1.95. The van der Waals surface area contributed by atoms with Crippen LogP contribution in [0.1, 0.15) is 26.7 Å². The highest BCUT2D eigenvalue weighted by atomic mass is 32.2. The fraction of sp³-hybridized carbons (Fsp3) is 0.700. The van der Waals surface area contributed by atoms with E-state index in [1.54, 1.807) is 11.3 Å². The smallest absolute Gasteiger partial charge is 0.149 e. The zero-order chi connectivity index (χ0) is 10.2. The predicted octanol–water partition coefficient (Wildman–Crippen LogP) is 3.01. The topological polar surface area (TPSA) is 24.9 Å². The zero-order valence-corrected chi connectivity index (χ0v) is 10.5. The molecule has 0 bridgehead atoms. The summed E-state index contributed by atoms with van der Waals surface area (Å²) in [5.41, 5.74) is 0. The van der Waals surface area contributed by atoms with E-state index in [9.17, 15) is 0 Å². The Hall–Kier alpha value is -0.0600. The van der Waals surface area contributed by atoms with Gasteiger partial charge in [-0.25, -0.2) is 4.98 Å². The van der Waals surface area contributed by atoms with Gasteiger partial charge < -0.3 is 5.32 Å². The average molecular weight is 230 g/mol. The lowest BCUT2D eigenvalue weighted by molar-refractivity contribution is 0.534. The highest BCUT2D eigenvalue weighted by Gasteiger charge is 1.98. The number of nitrogens with one attached hydrogen (secondary N) is 1. The molecule has 0 aliphatic rings. The molecule has 1 unspecified atom stereocenters. The first-order valence-electron chi connectivity index (χ1n) is 5.08. The van der Waals surface area contributed by atoms with E-state index in [-0.39, 0.29) is 0 Å². The number of thioether (sulfide) groups is 1. The molecule has 0 saturated heterocycles. The first kappa shape index (κ1) is 12.0. The second-order valence-corrected chi connectivity index (χ2v) is 5.50. The van der Waals surface area contributed by atoms with Crippen LogP contribution in [0.4, 0.5) is 0 Å². The van der Waals surface area contributed by atoms with Crippen molar-refractivity contribution in [3.8, 4) is 0 Å². The first-order valence-corrected chi connectivity index (χ1v) is 6.95. The van der Waals surface area contributed by atoms with Crippen LogP contribution in [0.25, 0.3) is 0 Å². The molecular weight excluding hydrogens is 212 g/mol. The molecule has 0 aliphatic carbocycles. The fourth-order valence-corrected chi connectivity index (χ4v) is 2.65. The summed E-state index contributed by atoms with van der Waals surface area (Å²) in [6, 6.07) is 0.653. The highest BCUT2D eigenvalue weighted by molar-refractivity contribution is 8.00. The molecule has 2 nitrogen and oxygen atoms in total. The molecule has 80 valence electrons. The van der Waals surface area contributed by atoms with Gasteiger partial charge in [0.1, 0.15) is 4.34 Å². The van der Waals surface area contributed by atoms with E-state index in [4.69, 9.17) is 0 Å². The molecule has 0 aliphatic heterocycles. The van der Waals surface area contributed by atoms with Crippen LogP contribution >= 0.6 is 23.1 Å². The van der Waals surface area contributed by atoms with Crippen molar-refractivity contribution in [2.24, 2.45) is 0 Å². The summed E-state index contributed by atoms with van der Waals surface area (Å²) in [7, 11) is 0. The Morgan fingerprint density at radius 1 is 1.64 bits per heavy atom. The van der Waals surface area contributed by atoms with Crippen molar-refractivity contribution in [1.82, 2.24) is 10.3 Å². The van der Waals surface area contributed by atoms with Crippen LogP contribution in [0.15, 0.2) is 15.9 Å². The second kappa shape index (κ2) is 7.26. The van der Waals surface area contributed by atoms with Gasteiger partial charge in [-0.2, -0.15) is 0 Å². The third-order valence-corrected chi connectivity index (χ3v) is 4.11. The van der Waals surface area contributed by atoms with Crippen LogP contribution in [0.2, 0.25) is 0 Å². The van der Waals surface area contributed by atoms with Crippen molar-refractivity contribution in [1.29, 1.82) is 0 Å². The molecule has 0 radical (unpaired) electrons. The van der Waals surface area contributed by atoms with Crippen molar-refractivity contribution in [3.05, 3.63) is 11.6 Å². The summed E-state index contributed by atoms with van der Waals surface area (Å²) in [6.45, 7) is 5.56. The summed E-state index contributed by atoms with van der Waals surface area (Å²) in [5, 5.41) is 5.51. The Morgan fingerprint density at radius 2 is 2.50 bits per heavy atom. The second-order valence-electron chi connectivity index (χ2n) is 3.26. The van der Waals surface area contributed by atoms with Crippen LogP contribution in [0.5, 0.6) is 0 Å². The zero-order valence-electron chi connectivity index (χ0n) is 8.82. The van der Waals surface area contributed by atoms with Gasteiger partial charge in [0.2, 0.25) is 0 Å². The highest BCUT2D eigenvalue weighted by Crippen LogP contribution is 2.20. The summed E-state index contributed by atoms with van der Waals surface area (Å²) in [5.74, 6) is 1.16. The van der Waals surface area contributed by atoms with Gasteiger partial charge in [-0.05, 0) is 26.3 Å². The van der Waals surface area contributed by atoms with E-state index in [0.717, 1.165) is 12.3 Å². The van der Waals surface area contributed by atoms with E-state index < -0.39 is 0 Å². The van der Waals surface area contributed by atoms with E-state index in [2.05, 4.69) is 24.1 Å². The van der Waals surface area contributed by atoms with Crippen molar-refractivity contribution in [2.45, 2.75) is 37.1 Å². The molecule has 1 N–H and O–H groups in total. The third kappa shape index (κ3) is 4.98. The maximum Gasteiger partial charge on any atom is 0.149 e. The Kier molecular flexibility index (Phi) is 6.23. The van der Waals surface area contributed by atoms with Gasteiger partial charge >= 0.3 is 0 Å². The fourth-order valence-electron chi connectivity index (χ4n) is 1.01. The number of rotatable bonds is 7. The quantitative estimate of drug-likeness (QED) is 0.576. The van der Waals surface area contributed by atoms with Gasteiger partial charge in [0.15, 0.2) is 0 Å². The van der Waals surface area contributed by atoms with Crippen molar-refractivity contribution in [3.63, 3.8) is 0 Å². The number of nitrogens with zero attached hydrogens (tertiary/aromatic N) is 1. The van der Waals surface area contributed by atoms with Gasteiger partial charge in [-0.1, -0.05) is 18.7 Å². The van der Waals surface area contributed by atoms with E-state index in [0.29, 0.717) is 6.04 Å². The van der Waals surface area contributed by atoms with Crippen LogP contribution < -0.4 is 5.32 Å². The SMILES string of the molecule is CCC(C)NCCCSc1nccs1. The van der Waals surface area contributed by atoms with Gasteiger partial charge in [0.05, 0.1) is 0 Å². The van der Waals surface area contributed by atoms with Crippen LogP contribution in [0.3, 0.4) is 0 Å². The average Bonchev–Trinajstić information content (AvgIpc) is 2.69. The van der Waals surface area contributed by atoms with Gasteiger partial charge in [0.25, 0.3) is 0 Å². The molecule has 0 aromatic carbocycles. The van der Waals surface area contributed by atoms with Gasteiger partial charge in [0, 0.05) is 23.4 Å². The first-order chi connectivity index (χ1) is 6.83. The molecule has 0 spiro atoms. The van der Waals surface area contributed by atoms with Crippen LogP contribution in [-0.4, -0.2) is 23.3 Å². The van der Waals surface area contributed by atoms with Crippen molar-refractivity contribution >= 4 is 23.1 Å². The Bertz CT molecular complexity index is 224. The van der Waals surface area contributed by atoms with Crippen LogP contribution in [0, 0.1) is 0 Å². The Morgan fingerprint density at radius 3 is 3.14 bits per heavy atom. The van der Waals surface area contributed by atoms with Crippen molar-refractivity contribution in [2.75, 3.05) is 12.3 Å². The minimum absolute atomic E-state index is 0.653. The van der Waals surface area contributed by atoms with E-state index in [1.807, 2.05) is 23.3 Å². The molecule has 0 amide bonds. The van der Waals surface area contributed by atoms with Crippen molar-refractivity contribution < 1.29 is 0 Å². The number of aromatic nitrogens is 1. The molecular formula is C10H18N2S2. The summed E-state index contributed by atoms with van der Waals surface area (Å²) < 4.78 is 1.19. The van der Waals surface area contributed by atoms with Crippen LogP contribution in [-0.2, 0) is 0 Å². The molecule has 4 heteroatoms. The molecule has 0 fully saturated rings. The largest absolute Gasteiger partial charge is 0.314 e. The predicted molar refractivity (Wildman–Crippen MR) is 65.2 cm³/mol. The molecule has 1 heterocycles.